The molecule has 2 aromatic rings. The van der Waals surface area contributed by atoms with Crippen LogP contribution in [-0.2, 0) is 19.6 Å². The van der Waals surface area contributed by atoms with E-state index in [0.717, 1.165) is 22.3 Å². The number of aryl methyl sites for hydroxylation is 1. The Hall–Kier alpha value is -1.94. The van der Waals surface area contributed by atoms with Crippen molar-refractivity contribution in [2.24, 2.45) is 0 Å². The van der Waals surface area contributed by atoms with E-state index in [0.29, 0.717) is 26.2 Å². The largest absolute Gasteiger partial charge is 0.272 e. The second kappa shape index (κ2) is 10.2. The van der Waals surface area contributed by atoms with Crippen molar-refractivity contribution in [1.29, 1.82) is 0 Å². The zero-order valence-corrected chi connectivity index (χ0v) is 18.8. The van der Waals surface area contributed by atoms with Crippen LogP contribution in [0, 0.1) is 6.92 Å². The zero-order chi connectivity index (χ0) is 21.6. The summed E-state index contributed by atoms with van der Waals surface area (Å²) in [6, 6.07) is 11.7. The first-order chi connectivity index (χ1) is 13.6. The number of carbonyl (C=O) groups excluding carboxylic acids is 2. The summed E-state index contributed by atoms with van der Waals surface area (Å²) in [7, 11) is -3.70. The molecule has 2 aromatic carbocycles. The van der Waals surface area contributed by atoms with Crippen LogP contribution in [0.2, 0.25) is 10.0 Å². The lowest BCUT2D eigenvalue weighted by atomic mass is 10.2. The maximum atomic E-state index is 12.2. The average Bonchev–Trinajstić information content (AvgIpc) is 2.65. The highest BCUT2D eigenvalue weighted by Crippen LogP contribution is 2.29. The van der Waals surface area contributed by atoms with Crippen LogP contribution >= 0.6 is 35.0 Å². The molecule has 0 atom stereocenters. The summed E-state index contributed by atoms with van der Waals surface area (Å²) in [6.07, 6.45) is 1.01. The molecule has 0 spiro atoms. The van der Waals surface area contributed by atoms with E-state index in [2.05, 4.69) is 10.9 Å². The zero-order valence-electron chi connectivity index (χ0n) is 15.6. The van der Waals surface area contributed by atoms with E-state index in [1.807, 2.05) is 0 Å². The molecule has 0 heterocycles. The van der Waals surface area contributed by atoms with Crippen LogP contribution in [0.1, 0.15) is 5.56 Å². The number of amides is 2. The molecule has 29 heavy (non-hydrogen) atoms. The Morgan fingerprint density at radius 1 is 1.07 bits per heavy atom. The Morgan fingerprint density at radius 3 is 2.38 bits per heavy atom. The van der Waals surface area contributed by atoms with E-state index in [-0.39, 0.29) is 5.75 Å². The van der Waals surface area contributed by atoms with E-state index >= 15 is 0 Å². The molecule has 2 rings (SSSR count). The SMILES string of the molecule is Cc1ccccc1N(CC(=O)NNC(=O)CSc1cc(Cl)ccc1Cl)S(C)(=O)=O. The van der Waals surface area contributed by atoms with Gasteiger partial charge in [-0.05, 0) is 36.8 Å². The third kappa shape index (κ3) is 7.11. The van der Waals surface area contributed by atoms with Gasteiger partial charge in [0.15, 0.2) is 0 Å². The highest BCUT2D eigenvalue weighted by molar-refractivity contribution is 8.00. The van der Waals surface area contributed by atoms with Crippen molar-refractivity contribution in [3.05, 3.63) is 58.1 Å². The second-order valence-corrected chi connectivity index (χ2v) is 9.78. The molecule has 0 fully saturated rings. The second-order valence-electron chi connectivity index (χ2n) is 6.02. The molecular weight excluding hydrogens is 457 g/mol. The predicted molar refractivity (Wildman–Crippen MR) is 117 cm³/mol. The number of benzene rings is 2. The molecule has 2 N–H and O–H groups in total. The van der Waals surface area contributed by atoms with Crippen LogP contribution in [0.4, 0.5) is 5.69 Å². The fourth-order valence-electron chi connectivity index (χ4n) is 2.30. The lowest BCUT2D eigenvalue weighted by molar-refractivity contribution is -0.126. The van der Waals surface area contributed by atoms with Crippen LogP contribution in [0.3, 0.4) is 0 Å². The van der Waals surface area contributed by atoms with Crippen molar-refractivity contribution in [2.75, 3.05) is 22.9 Å². The van der Waals surface area contributed by atoms with E-state index in [1.54, 1.807) is 49.4 Å². The number of hydrazine groups is 1. The lowest BCUT2D eigenvalue weighted by Crippen LogP contribution is -2.48. The van der Waals surface area contributed by atoms with E-state index in [9.17, 15) is 18.0 Å². The summed E-state index contributed by atoms with van der Waals surface area (Å²) < 4.78 is 25.2. The van der Waals surface area contributed by atoms with Gasteiger partial charge in [-0.3, -0.25) is 24.7 Å². The van der Waals surface area contributed by atoms with Crippen molar-refractivity contribution in [2.45, 2.75) is 11.8 Å². The van der Waals surface area contributed by atoms with Gasteiger partial charge in [-0.25, -0.2) is 8.42 Å². The number of hydrogen-bond donors (Lipinski definition) is 2. The number of anilines is 1. The highest BCUT2D eigenvalue weighted by Gasteiger charge is 2.22. The molecule has 0 aromatic heterocycles. The van der Waals surface area contributed by atoms with Crippen LogP contribution in [0.25, 0.3) is 0 Å². The number of nitrogens with zero attached hydrogens (tertiary/aromatic N) is 1. The van der Waals surface area contributed by atoms with Crippen LogP contribution in [-0.4, -0.2) is 38.8 Å². The highest BCUT2D eigenvalue weighted by atomic mass is 35.5. The number of sulfonamides is 1. The number of rotatable bonds is 7. The first kappa shape index (κ1) is 23.3. The van der Waals surface area contributed by atoms with Crippen molar-refractivity contribution in [1.82, 2.24) is 10.9 Å². The molecule has 0 aliphatic carbocycles. The van der Waals surface area contributed by atoms with Crippen molar-refractivity contribution >= 4 is 62.5 Å². The molecule has 0 bridgehead atoms. The Bertz CT molecular complexity index is 1020. The topological polar surface area (TPSA) is 95.6 Å². The van der Waals surface area contributed by atoms with Gasteiger partial charge in [0.2, 0.25) is 15.9 Å². The number of hydrogen-bond acceptors (Lipinski definition) is 5. The molecule has 11 heteroatoms. The van der Waals surface area contributed by atoms with Gasteiger partial charge < -0.3 is 0 Å². The van der Waals surface area contributed by atoms with Gasteiger partial charge in [0, 0.05) is 9.92 Å². The van der Waals surface area contributed by atoms with E-state index in [4.69, 9.17) is 23.2 Å². The maximum Gasteiger partial charge on any atom is 0.259 e. The third-order valence-electron chi connectivity index (χ3n) is 3.67. The fourth-order valence-corrected chi connectivity index (χ4v) is 4.51. The Labute approximate surface area is 183 Å². The Morgan fingerprint density at radius 2 is 1.72 bits per heavy atom. The minimum Gasteiger partial charge on any atom is -0.272 e. The predicted octanol–water partition coefficient (Wildman–Crippen LogP) is 3.01. The summed E-state index contributed by atoms with van der Waals surface area (Å²) in [4.78, 5) is 24.8. The standard InChI is InChI=1S/C18H19Cl2N3O4S2/c1-12-5-3-4-6-15(12)23(29(2,26)27)10-17(24)21-22-18(25)11-28-16-9-13(19)7-8-14(16)20/h3-9H,10-11H2,1-2H3,(H,21,24)(H,22,25). The molecular formula is C18H19Cl2N3O4S2. The summed E-state index contributed by atoms with van der Waals surface area (Å²) >= 11 is 13.1. The van der Waals surface area contributed by atoms with Gasteiger partial charge >= 0.3 is 0 Å². The van der Waals surface area contributed by atoms with Gasteiger partial charge in [-0.1, -0.05) is 41.4 Å². The number of nitrogens with one attached hydrogen (secondary N) is 2. The molecule has 0 saturated heterocycles. The summed E-state index contributed by atoms with van der Waals surface area (Å²) in [5.74, 6) is -1.19. The molecule has 0 unspecified atom stereocenters. The number of thioether (sulfide) groups is 1. The molecule has 156 valence electrons. The summed E-state index contributed by atoms with van der Waals surface area (Å²) in [6.45, 7) is 1.27. The van der Waals surface area contributed by atoms with Crippen LogP contribution in [0.5, 0.6) is 0 Å². The van der Waals surface area contributed by atoms with Crippen LogP contribution < -0.4 is 15.2 Å². The number of para-hydroxylation sites is 1. The molecule has 0 radical (unpaired) electrons. The monoisotopic (exact) mass is 475 g/mol. The molecule has 0 aliphatic heterocycles. The first-order valence-corrected chi connectivity index (χ1v) is 11.9. The normalized spacial score (nSPS) is 11.0. The maximum absolute atomic E-state index is 12.2. The Balaban J connectivity index is 1.93. The van der Waals surface area contributed by atoms with E-state index in [1.165, 1.54) is 0 Å². The van der Waals surface area contributed by atoms with Gasteiger partial charge in [0.05, 0.1) is 22.7 Å². The molecule has 0 saturated carbocycles. The van der Waals surface area contributed by atoms with Gasteiger partial charge in [-0.15, -0.1) is 11.8 Å². The van der Waals surface area contributed by atoms with Crippen LogP contribution in [0.15, 0.2) is 47.4 Å². The smallest absolute Gasteiger partial charge is 0.259 e. The van der Waals surface area contributed by atoms with E-state index < -0.39 is 28.4 Å². The number of carbonyl (C=O) groups is 2. The molecule has 2 amide bonds. The molecule has 7 nitrogen and oxygen atoms in total. The number of halogens is 2. The first-order valence-electron chi connectivity index (χ1n) is 8.27. The quantitative estimate of drug-likeness (QED) is 0.473. The lowest BCUT2D eigenvalue weighted by Gasteiger charge is -2.23. The minimum atomic E-state index is -3.70. The third-order valence-corrected chi connectivity index (χ3v) is 6.52. The fraction of sp³-hybridized carbons (Fsp3) is 0.222. The van der Waals surface area contributed by atoms with Crippen molar-refractivity contribution in [3.8, 4) is 0 Å². The minimum absolute atomic E-state index is 0.0199. The summed E-state index contributed by atoms with van der Waals surface area (Å²) in [5, 5.41) is 0.945. The van der Waals surface area contributed by atoms with Gasteiger partial charge in [0.1, 0.15) is 6.54 Å². The van der Waals surface area contributed by atoms with Crippen molar-refractivity contribution in [3.63, 3.8) is 0 Å². The Kier molecular flexibility index (Phi) is 8.21. The average molecular weight is 476 g/mol. The van der Waals surface area contributed by atoms with Gasteiger partial charge in [0.25, 0.3) is 5.91 Å². The summed E-state index contributed by atoms with van der Waals surface area (Å²) in [5.41, 5.74) is 5.56. The van der Waals surface area contributed by atoms with Gasteiger partial charge in [-0.2, -0.15) is 0 Å². The molecule has 0 aliphatic rings. The van der Waals surface area contributed by atoms with Crippen molar-refractivity contribution < 1.29 is 18.0 Å².